The molecule has 0 radical (unpaired) electrons. The molecule has 4 aliphatic carbocycles. The molecule has 0 saturated heterocycles. The fraction of sp³-hybridized carbons (Fsp3) is 0.833. The molecule has 0 aromatic heterocycles. The van der Waals surface area contributed by atoms with Gasteiger partial charge in [0.05, 0.1) is 12.7 Å². The molecule has 0 amide bonds. The maximum Gasteiger partial charge on any atom is 0.0634 e. The monoisotopic (exact) mass is 194 g/mol. The number of rotatable bonds is 1. The maximum atomic E-state index is 10.1. The highest BCUT2D eigenvalue weighted by Gasteiger charge is 2.49. The smallest absolute Gasteiger partial charge is 0.0634 e. The molecule has 78 valence electrons. The van der Waals surface area contributed by atoms with E-state index < -0.39 is 0 Å². The molecule has 0 aromatic rings. The Bertz CT molecular complexity index is 271. The standard InChI is InChI=1S/C12H18O2/c13-2-1-10-8-3-7-4-9(6-8)12(14)11(10)5-7/h1,7-9,11-14H,2-6H2/b10-1-/t7?,8-,9+,11-,12-/m1/s1. The van der Waals surface area contributed by atoms with Crippen molar-refractivity contribution in [2.45, 2.75) is 31.8 Å². The first-order chi connectivity index (χ1) is 6.79. The van der Waals surface area contributed by atoms with E-state index >= 15 is 0 Å². The van der Waals surface area contributed by atoms with Crippen LogP contribution in [0.15, 0.2) is 11.6 Å². The third-order valence-electron chi connectivity index (χ3n) is 4.55. The van der Waals surface area contributed by atoms with Crippen LogP contribution in [0.4, 0.5) is 0 Å². The Morgan fingerprint density at radius 2 is 2.07 bits per heavy atom. The van der Waals surface area contributed by atoms with Gasteiger partial charge < -0.3 is 10.2 Å². The average Bonchev–Trinajstić information content (AvgIpc) is 2.18. The summed E-state index contributed by atoms with van der Waals surface area (Å²) >= 11 is 0. The number of aliphatic hydroxyl groups is 2. The highest BCUT2D eigenvalue weighted by Crippen LogP contribution is 2.56. The second-order valence-corrected chi connectivity index (χ2v) is 5.25. The topological polar surface area (TPSA) is 40.5 Å². The summed E-state index contributed by atoms with van der Waals surface area (Å²) in [6.45, 7) is 0.143. The van der Waals surface area contributed by atoms with Gasteiger partial charge in [0.25, 0.3) is 0 Å². The third kappa shape index (κ3) is 1.10. The van der Waals surface area contributed by atoms with Gasteiger partial charge in [-0.05, 0) is 43.4 Å². The van der Waals surface area contributed by atoms with Crippen LogP contribution in [0.1, 0.15) is 25.7 Å². The molecule has 0 aromatic carbocycles. The Morgan fingerprint density at radius 1 is 1.21 bits per heavy atom. The van der Waals surface area contributed by atoms with Gasteiger partial charge in [0, 0.05) is 5.92 Å². The summed E-state index contributed by atoms with van der Waals surface area (Å²) in [7, 11) is 0. The number of hydrogen-bond donors (Lipinski definition) is 2. The van der Waals surface area contributed by atoms with E-state index in [-0.39, 0.29) is 12.7 Å². The molecule has 5 atom stereocenters. The molecular weight excluding hydrogens is 176 g/mol. The van der Waals surface area contributed by atoms with E-state index in [0.717, 1.165) is 5.92 Å². The first-order valence-electron chi connectivity index (χ1n) is 5.78. The Balaban J connectivity index is 1.93. The van der Waals surface area contributed by atoms with Crippen LogP contribution >= 0.6 is 0 Å². The minimum atomic E-state index is -0.111. The first kappa shape index (κ1) is 8.93. The lowest BCUT2D eigenvalue weighted by Crippen LogP contribution is -2.49. The molecule has 1 unspecified atom stereocenters. The van der Waals surface area contributed by atoms with Crippen LogP contribution in [0, 0.1) is 23.7 Å². The minimum Gasteiger partial charge on any atom is -0.392 e. The van der Waals surface area contributed by atoms with Crippen LogP contribution in [0.2, 0.25) is 0 Å². The zero-order valence-electron chi connectivity index (χ0n) is 8.39. The molecule has 4 fully saturated rings. The van der Waals surface area contributed by atoms with Gasteiger partial charge in [-0.1, -0.05) is 11.6 Å². The second kappa shape index (κ2) is 3.07. The van der Waals surface area contributed by atoms with Crippen LogP contribution in [0.25, 0.3) is 0 Å². The van der Waals surface area contributed by atoms with Crippen molar-refractivity contribution in [3.8, 4) is 0 Å². The summed E-state index contributed by atoms with van der Waals surface area (Å²) in [5, 5.41) is 19.1. The molecule has 4 rings (SSSR count). The lowest BCUT2D eigenvalue weighted by atomic mass is 9.53. The zero-order chi connectivity index (χ0) is 9.71. The molecule has 0 heterocycles. The van der Waals surface area contributed by atoms with Gasteiger partial charge in [0.15, 0.2) is 0 Å². The highest BCUT2D eigenvalue weighted by atomic mass is 16.3. The van der Waals surface area contributed by atoms with Crippen molar-refractivity contribution in [2.24, 2.45) is 23.7 Å². The van der Waals surface area contributed by atoms with Gasteiger partial charge in [-0.25, -0.2) is 0 Å². The van der Waals surface area contributed by atoms with Crippen molar-refractivity contribution in [2.75, 3.05) is 6.61 Å². The van der Waals surface area contributed by atoms with Crippen molar-refractivity contribution in [1.82, 2.24) is 0 Å². The van der Waals surface area contributed by atoms with Gasteiger partial charge in [0.1, 0.15) is 0 Å². The fourth-order valence-corrected chi connectivity index (χ4v) is 4.11. The van der Waals surface area contributed by atoms with E-state index in [9.17, 15) is 5.11 Å². The summed E-state index contributed by atoms with van der Waals surface area (Å²) in [6, 6.07) is 0. The van der Waals surface area contributed by atoms with Crippen molar-refractivity contribution in [3.05, 3.63) is 11.6 Å². The summed E-state index contributed by atoms with van der Waals surface area (Å²) < 4.78 is 0. The first-order valence-corrected chi connectivity index (χ1v) is 5.78. The molecule has 2 N–H and O–H groups in total. The van der Waals surface area contributed by atoms with Gasteiger partial charge >= 0.3 is 0 Å². The van der Waals surface area contributed by atoms with E-state index in [1.54, 1.807) is 0 Å². The fourth-order valence-electron chi connectivity index (χ4n) is 4.11. The summed E-state index contributed by atoms with van der Waals surface area (Å²) in [5.74, 6) is 2.50. The van der Waals surface area contributed by atoms with Gasteiger partial charge in [-0.2, -0.15) is 0 Å². The SMILES string of the molecule is OC/C=C1/[C@@H]2CC3C[C@@H](C2)[C@@H](O)[C@@H]1C3. The zero-order valence-corrected chi connectivity index (χ0v) is 8.39. The normalized spacial score (nSPS) is 53.0. The summed E-state index contributed by atoms with van der Waals surface area (Å²) in [4.78, 5) is 0. The van der Waals surface area contributed by atoms with Crippen molar-refractivity contribution < 1.29 is 10.2 Å². The number of hydrogen-bond acceptors (Lipinski definition) is 2. The predicted octanol–water partition coefficient (Wildman–Crippen LogP) is 1.33. The second-order valence-electron chi connectivity index (χ2n) is 5.25. The molecule has 14 heavy (non-hydrogen) atoms. The van der Waals surface area contributed by atoms with Crippen LogP contribution < -0.4 is 0 Å². The Hall–Kier alpha value is -0.340. The van der Waals surface area contributed by atoms with Crippen LogP contribution in [0.3, 0.4) is 0 Å². The Kier molecular flexibility index (Phi) is 1.96. The van der Waals surface area contributed by atoms with Crippen LogP contribution in [-0.2, 0) is 0 Å². The quantitative estimate of drug-likeness (QED) is 0.618. The minimum absolute atomic E-state index is 0.111. The van der Waals surface area contributed by atoms with E-state index in [0.29, 0.717) is 17.8 Å². The molecule has 2 nitrogen and oxygen atoms in total. The lowest BCUT2D eigenvalue weighted by molar-refractivity contribution is -0.0584. The van der Waals surface area contributed by atoms with Gasteiger partial charge in [-0.15, -0.1) is 0 Å². The van der Waals surface area contributed by atoms with E-state index in [4.69, 9.17) is 5.11 Å². The Labute approximate surface area is 84.6 Å². The van der Waals surface area contributed by atoms with Gasteiger partial charge in [-0.3, -0.25) is 0 Å². The molecule has 4 saturated carbocycles. The third-order valence-corrected chi connectivity index (χ3v) is 4.55. The Morgan fingerprint density at radius 3 is 2.86 bits per heavy atom. The summed E-state index contributed by atoms with van der Waals surface area (Å²) in [5.41, 5.74) is 1.37. The van der Waals surface area contributed by atoms with Crippen LogP contribution in [-0.4, -0.2) is 22.9 Å². The molecule has 0 spiro atoms. The van der Waals surface area contributed by atoms with E-state index in [1.807, 2.05) is 6.08 Å². The average molecular weight is 194 g/mol. The molecule has 4 aliphatic rings. The predicted molar refractivity (Wildman–Crippen MR) is 53.6 cm³/mol. The van der Waals surface area contributed by atoms with E-state index in [2.05, 4.69) is 0 Å². The molecular formula is C12H18O2. The van der Waals surface area contributed by atoms with Crippen molar-refractivity contribution >= 4 is 0 Å². The largest absolute Gasteiger partial charge is 0.392 e. The maximum absolute atomic E-state index is 10.1. The molecule has 0 aliphatic heterocycles. The number of aliphatic hydroxyl groups excluding tert-OH is 2. The molecule has 4 bridgehead atoms. The molecule has 2 heteroatoms. The van der Waals surface area contributed by atoms with E-state index in [1.165, 1.54) is 31.3 Å². The van der Waals surface area contributed by atoms with Crippen molar-refractivity contribution in [3.63, 3.8) is 0 Å². The summed E-state index contributed by atoms with van der Waals surface area (Å²) in [6.07, 6.45) is 6.74. The lowest BCUT2D eigenvalue weighted by Gasteiger charge is -2.54. The van der Waals surface area contributed by atoms with Gasteiger partial charge in [0.2, 0.25) is 0 Å². The highest BCUT2D eigenvalue weighted by molar-refractivity contribution is 5.22. The van der Waals surface area contributed by atoms with Crippen molar-refractivity contribution in [1.29, 1.82) is 0 Å². The van der Waals surface area contributed by atoms with Crippen LogP contribution in [0.5, 0.6) is 0 Å².